The Morgan fingerprint density at radius 2 is 2.47 bits per heavy atom. The molecule has 0 radical (unpaired) electrons. The van der Waals surface area contributed by atoms with Crippen LogP contribution in [-0.2, 0) is 17.8 Å². The van der Waals surface area contributed by atoms with E-state index in [0.29, 0.717) is 12.2 Å². The molecule has 1 aliphatic rings. The van der Waals surface area contributed by atoms with Gasteiger partial charge >= 0.3 is 5.97 Å². The van der Waals surface area contributed by atoms with Crippen molar-refractivity contribution in [1.29, 1.82) is 0 Å². The number of ether oxygens (including phenoxy) is 1. The van der Waals surface area contributed by atoms with Crippen LogP contribution in [0.15, 0.2) is 4.42 Å². The maximum Gasteiger partial charge on any atom is 0.372 e. The van der Waals surface area contributed by atoms with E-state index in [1.54, 1.807) is 0 Å². The summed E-state index contributed by atoms with van der Waals surface area (Å²) in [4.78, 5) is 10.9. The van der Waals surface area contributed by atoms with Gasteiger partial charge in [0.25, 0.3) is 0 Å². The summed E-state index contributed by atoms with van der Waals surface area (Å²) in [5.74, 6) is -0.470. The van der Waals surface area contributed by atoms with E-state index >= 15 is 0 Å². The molecule has 1 aromatic rings. The fraction of sp³-hybridized carbons (Fsp3) is 0.500. The molecule has 0 aliphatic heterocycles. The lowest BCUT2D eigenvalue weighted by Gasteiger charge is -2.03. The molecule has 15 heavy (non-hydrogen) atoms. The van der Waals surface area contributed by atoms with Gasteiger partial charge in [0, 0.05) is 24.3 Å². The largest absolute Gasteiger partial charge is 0.475 e. The van der Waals surface area contributed by atoms with Crippen molar-refractivity contribution in [3.05, 3.63) is 22.6 Å². The summed E-state index contributed by atoms with van der Waals surface area (Å²) in [5.41, 5.74) is 7.45. The number of carboxylic acids is 1. The zero-order chi connectivity index (χ0) is 11.0. The molecule has 1 heterocycles. The Bertz CT molecular complexity index is 396. The van der Waals surface area contributed by atoms with Crippen LogP contribution in [0.2, 0.25) is 0 Å². The van der Waals surface area contributed by atoms with Gasteiger partial charge in [-0.05, 0) is 12.8 Å². The van der Waals surface area contributed by atoms with Gasteiger partial charge in [-0.2, -0.15) is 0 Å². The van der Waals surface area contributed by atoms with Crippen LogP contribution in [0.25, 0.3) is 0 Å². The molecule has 2 rings (SSSR count). The van der Waals surface area contributed by atoms with Crippen LogP contribution in [-0.4, -0.2) is 18.2 Å². The number of hydrogen-bond acceptors (Lipinski definition) is 4. The smallest absolute Gasteiger partial charge is 0.372 e. The molecule has 0 fully saturated rings. The van der Waals surface area contributed by atoms with Crippen molar-refractivity contribution in [2.45, 2.75) is 25.5 Å². The van der Waals surface area contributed by atoms with Crippen LogP contribution in [0.1, 0.15) is 39.9 Å². The van der Waals surface area contributed by atoms with Gasteiger partial charge in [-0.15, -0.1) is 0 Å². The normalized spacial score (nSPS) is 19.2. The van der Waals surface area contributed by atoms with Gasteiger partial charge in [-0.1, -0.05) is 0 Å². The van der Waals surface area contributed by atoms with Crippen LogP contribution in [0.4, 0.5) is 0 Å². The molecular weight excluding hydrogens is 198 g/mol. The summed E-state index contributed by atoms with van der Waals surface area (Å²) >= 11 is 0. The Labute approximate surface area is 86.8 Å². The summed E-state index contributed by atoms with van der Waals surface area (Å²) in [6.07, 6.45) is 1.45. The minimum absolute atomic E-state index is 0.0185. The van der Waals surface area contributed by atoms with Gasteiger partial charge in [0.15, 0.2) is 0 Å². The lowest BCUT2D eigenvalue weighted by Crippen LogP contribution is -2.07. The van der Waals surface area contributed by atoms with Gasteiger partial charge in [0.05, 0.1) is 0 Å². The highest BCUT2D eigenvalue weighted by Gasteiger charge is 2.32. The lowest BCUT2D eigenvalue weighted by atomic mass is 10.1. The summed E-state index contributed by atoms with van der Waals surface area (Å²) < 4.78 is 10.2. The Hall–Kier alpha value is -1.33. The van der Waals surface area contributed by atoms with Gasteiger partial charge in [-0.3, -0.25) is 0 Å². The van der Waals surface area contributed by atoms with E-state index in [4.69, 9.17) is 20.0 Å². The molecule has 82 valence electrons. The monoisotopic (exact) mass is 211 g/mol. The number of rotatable bonds is 3. The molecule has 0 saturated heterocycles. The Morgan fingerprint density at radius 3 is 3.07 bits per heavy atom. The van der Waals surface area contributed by atoms with Crippen LogP contribution in [0.5, 0.6) is 0 Å². The first-order valence-electron chi connectivity index (χ1n) is 4.77. The predicted octanol–water partition coefficient (Wildman–Crippen LogP) is 1.07. The second-order valence-corrected chi connectivity index (χ2v) is 3.63. The SMILES string of the molecule is COCc1oc(C(=O)O)c2c1C(N)CC2. The van der Waals surface area contributed by atoms with Crippen molar-refractivity contribution >= 4 is 5.97 Å². The van der Waals surface area contributed by atoms with Crippen LogP contribution < -0.4 is 5.73 Å². The molecule has 1 aromatic heterocycles. The molecule has 1 unspecified atom stereocenters. The third-order valence-electron chi connectivity index (χ3n) is 2.67. The fourth-order valence-corrected chi connectivity index (χ4v) is 2.06. The molecule has 1 atom stereocenters. The first kappa shape index (κ1) is 10.2. The van der Waals surface area contributed by atoms with Crippen LogP contribution in [0.3, 0.4) is 0 Å². The second-order valence-electron chi connectivity index (χ2n) is 3.63. The molecule has 5 heteroatoms. The zero-order valence-corrected chi connectivity index (χ0v) is 8.45. The average Bonchev–Trinajstić information content (AvgIpc) is 2.70. The average molecular weight is 211 g/mol. The number of furan rings is 1. The maximum atomic E-state index is 10.9. The molecule has 3 N–H and O–H groups in total. The molecule has 0 amide bonds. The fourth-order valence-electron chi connectivity index (χ4n) is 2.06. The first-order valence-corrected chi connectivity index (χ1v) is 4.77. The van der Waals surface area contributed by atoms with E-state index in [-0.39, 0.29) is 18.4 Å². The minimum Gasteiger partial charge on any atom is -0.475 e. The predicted molar refractivity (Wildman–Crippen MR) is 51.6 cm³/mol. The molecule has 0 aromatic carbocycles. The van der Waals surface area contributed by atoms with E-state index in [0.717, 1.165) is 17.5 Å². The molecular formula is C10H13NO4. The summed E-state index contributed by atoms with van der Waals surface area (Å²) in [5, 5.41) is 8.94. The van der Waals surface area contributed by atoms with Gasteiger partial charge in [0.1, 0.15) is 12.4 Å². The quantitative estimate of drug-likeness (QED) is 0.781. The van der Waals surface area contributed by atoms with Crippen molar-refractivity contribution in [3.63, 3.8) is 0 Å². The zero-order valence-electron chi connectivity index (χ0n) is 8.45. The van der Waals surface area contributed by atoms with Crippen molar-refractivity contribution in [2.24, 2.45) is 5.73 Å². The van der Waals surface area contributed by atoms with Gasteiger partial charge < -0.3 is 20.0 Å². The van der Waals surface area contributed by atoms with Crippen molar-refractivity contribution in [2.75, 3.05) is 7.11 Å². The third kappa shape index (κ3) is 1.53. The Kier molecular flexibility index (Phi) is 2.50. The standard InChI is InChI=1S/C10H13NO4/c1-14-4-7-8-5(2-3-6(8)11)9(15-7)10(12)13/h6H,2-4,11H2,1H3,(H,12,13). The number of aromatic carboxylic acids is 1. The van der Waals surface area contributed by atoms with Crippen molar-refractivity contribution < 1.29 is 19.1 Å². The van der Waals surface area contributed by atoms with Crippen molar-refractivity contribution in [3.8, 4) is 0 Å². The van der Waals surface area contributed by atoms with Crippen LogP contribution in [0, 0.1) is 0 Å². The van der Waals surface area contributed by atoms with Gasteiger partial charge in [0.2, 0.25) is 5.76 Å². The van der Waals surface area contributed by atoms with E-state index in [1.165, 1.54) is 7.11 Å². The van der Waals surface area contributed by atoms with Crippen LogP contribution >= 0.6 is 0 Å². The highest BCUT2D eigenvalue weighted by atomic mass is 16.5. The Morgan fingerprint density at radius 1 is 1.73 bits per heavy atom. The van der Waals surface area contributed by atoms with E-state index in [2.05, 4.69) is 0 Å². The summed E-state index contributed by atoms with van der Waals surface area (Å²) in [6.45, 7) is 0.267. The van der Waals surface area contributed by atoms with Crippen molar-refractivity contribution in [1.82, 2.24) is 0 Å². The van der Waals surface area contributed by atoms with E-state index < -0.39 is 5.97 Å². The Balaban J connectivity index is 2.49. The molecule has 5 nitrogen and oxygen atoms in total. The number of fused-ring (bicyclic) bond motifs is 1. The molecule has 1 aliphatic carbocycles. The number of methoxy groups -OCH3 is 1. The summed E-state index contributed by atoms with van der Waals surface area (Å²) in [6, 6.07) is -0.123. The highest BCUT2D eigenvalue weighted by molar-refractivity contribution is 5.87. The van der Waals surface area contributed by atoms with E-state index in [1.807, 2.05) is 0 Å². The number of nitrogens with two attached hydrogens (primary N) is 1. The molecule has 0 saturated carbocycles. The maximum absolute atomic E-state index is 10.9. The lowest BCUT2D eigenvalue weighted by molar-refractivity contribution is 0.0652. The number of hydrogen-bond donors (Lipinski definition) is 2. The molecule has 0 bridgehead atoms. The number of carbonyl (C=O) groups is 1. The summed E-state index contributed by atoms with van der Waals surface area (Å²) in [7, 11) is 1.54. The minimum atomic E-state index is -1.04. The second kappa shape index (κ2) is 3.67. The third-order valence-corrected chi connectivity index (χ3v) is 2.67. The topological polar surface area (TPSA) is 85.7 Å². The van der Waals surface area contributed by atoms with E-state index in [9.17, 15) is 4.79 Å². The van der Waals surface area contributed by atoms with Gasteiger partial charge in [-0.25, -0.2) is 4.79 Å². The number of carboxylic acid groups (broad SMARTS) is 1. The first-order chi connectivity index (χ1) is 7.15. The molecule has 0 spiro atoms. The highest BCUT2D eigenvalue weighted by Crippen LogP contribution is 2.37.